The van der Waals surface area contributed by atoms with Crippen LogP contribution in [-0.2, 0) is 10.0 Å². The van der Waals surface area contributed by atoms with Crippen molar-refractivity contribution in [1.82, 2.24) is 4.90 Å². The highest BCUT2D eigenvalue weighted by atomic mass is 35.5. The third kappa shape index (κ3) is 3.72. The number of carbonyl (C=O) groups excluding carboxylic acids is 1. The minimum absolute atomic E-state index is 0.0488. The Kier molecular flexibility index (Phi) is 4.87. The predicted octanol–water partition coefficient (Wildman–Crippen LogP) is 3.00. The molecule has 0 unspecified atom stereocenters. The third-order valence-electron chi connectivity index (χ3n) is 3.86. The van der Waals surface area contributed by atoms with Gasteiger partial charge in [0.1, 0.15) is 12.4 Å². The average Bonchev–Trinajstić information content (AvgIpc) is 2.73. The number of halogens is 1. The molecule has 1 aliphatic heterocycles. The van der Waals surface area contributed by atoms with Gasteiger partial charge in [-0.15, -0.1) is 0 Å². The van der Waals surface area contributed by atoms with E-state index in [2.05, 4.69) is 4.72 Å². The Balaban J connectivity index is 1.93. The van der Waals surface area contributed by atoms with E-state index in [-0.39, 0.29) is 16.5 Å². The van der Waals surface area contributed by atoms with Crippen molar-refractivity contribution >= 4 is 33.2 Å². The van der Waals surface area contributed by atoms with Crippen LogP contribution in [0.3, 0.4) is 0 Å². The van der Waals surface area contributed by atoms with Crippen LogP contribution in [0.5, 0.6) is 5.75 Å². The molecular weight excluding hydrogens is 364 g/mol. The van der Waals surface area contributed by atoms with Crippen molar-refractivity contribution in [2.75, 3.05) is 24.4 Å². The molecule has 0 aliphatic carbocycles. The van der Waals surface area contributed by atoms with Gasteiger partial charge < -0.3 is 9.64 Å². The zero-order valence-electron chi connectivity index (χ0n) is 13.5. The standard InChI is InChI=1S/C17H17ClN2O4S/c1-2-20-8-9-24-16-7-6-13(11-15(16)17(20)21)19-25(22,23)14-5-3-4-12(18)10-14/h3-7,10-11,19H,2,8-9H2,1H3. The molecule has 2 aromatic rings. The van der Waals surface area contributed by atoms with E-state index in [0.29, 0.717) is 36.0 Å². The molecular formula is C17H17ClN2O4S. The maximum atomic E-state index is 12.6. The lowest BCUT2D eigenvalue weighted by Gasteiger charge is -2.17. The highest BCUT2D eigenvalue weighted by molar-refractivity contribution is 7.92. The summed E-state index contributed by atoms with van der Waals surface area (Å²) in [5.74, 6) is 0.269. The number of nitrogens with zero attached hydrogens (tertiary/aromatic N) is 1. The van der Waals surface area contributed by atoms with Crippen LogP contribution in [0.4, 0.5) is 5.69 Å². The molecule has 0 saturated heterocycles. The lowest BCUT2D eigenvalue weighted by atomic mass is 10.1. The van der Waals surface area contributed by atoms with Gasteiger partial charge in [0.25, 0.3) is 15.9 Å². The number of nitrogens with one attached hydrogen (secondary N) is 1. The van der Waals surface area contributed by atoms with E-state index in [1.165, 1.54) is 18.2 Å². The van der Waals surface area contributed by atoms with Crippen molar-refractivity contribution in [1.29, 1.82) is 0 Å². The fourth-order valence-electron chi connectivity index (χ4n) is 2.57. The van der Waals surface area contributed by atoms with Gasteiger partial charge in [-0.1, -0.05) is 17.7 Å². The molecule has 1 heterocycles. The van der Waals surface area contributed by atoms with Crippen molar-refractivity contribution in [2.24, 2.45) is 0 Å². The highest BCUT2D eigenvalue weighted by Gasteiger charge is 2.24. The van der Waals surface area contributed by atoms with Crippen LogP contribution in [0, 0.1) is 0 Å². The predicted molar refractivity (Wildman–Crippen MR) is 95.8 cm³/mol. The van der Waals surface area contributed by atoms with E-state index in [4.69, 9.17) is 16.3 Å². The lowest BCUT2D eigenvalue weighted by molar-refractivity contribution is 0.0765. The molecule has 0 radical (unpaired) electrons. The molecule has 1 amide bonds. The zero-order valence-corrected chi connectivity index (χ0v) is 15.1. The summed E-state index contributed by atoms with van der Waals surface area (Å²) < 4.78 is 33.0. The summed E-state index contributed by atoms with van der Waals surface area (Å²) in [7, 11) is -3.81. The summed E-state index contributed by atoms with van der Waals surface area (Å²) in [4.78, 5) is 14.3. The fourth-order valence-corrected chi connectivity index (χ4v) is 3.92. The van der Waals surface area contributed by atoms with E-state index in [1.54, 1.807) is 29.2 Å². The summed E-state index contributed by atoms with van der Waals surface area (Å²) >= 11 is 5.86. The SMILES string of the molecule is CCN1CCOc2ccc(NS(=O)(=O)c3cccc(Cl)c3)cc2C1=O. The quantitative estimate of drug-likeness (QED) is 0.884. The van der Waals surface area contributed by atoms with Gasteiger partial charge in [-0.3, -0.25) is 9.52 Å². The molecule has 25 heavy (non-hydrogen) atoms. The number of ether oxygens (including phenoxy) is 1. The Morgan fingerprint density at radius 3 is 2.76 bits per heavy atom. The maximum absolute atomic E-state index is 12.6. The summed E-state index contributed by atoms with van der Waals surface area (Å²) in [5, 5.41) is 0.326. The van der Waals surface area contributed by atoms with Gasteiger partial charge in [0.2, 0.25) is 0 Å². The second kappa shape index (κ2) is 6.93. The van der Waals surface area contributed by atoms with E-state index in [9.17, 15) is 13.2 Å². The van der Waals surface area contributed by atoms with Gasteiger partial charge in [0, 0.05) is 17.3 Å². The second-order valence-electron chi connectivity index (χ2n) is 5.51. The third-order valence-corrected chi connectivity index (χ3v) is 5.47. The Morgan fingerprint density at radius 1 is 1.24 bits per heavy atom. The number of hydrogen-bond acceptors (Lipinski definition) is 4. The first-order valence-electron chi connectivity index (χ1n) is 7.75. The number of hydrogen-bond donors (Lipinski definition) is 1. The molecule has 0 bridgehead atoms. The van der Waals surface area contributed by atoms with Crippen LogP contribution in [0.1, 0.15) is 17.3 Å². The molecule has 1 N–H and O–H groups in total. The van der Waals surface area contributed by atoms with E-state index in [0.717, 1.165) is 0 Å². The van der Waals surface area contributed by atoms with Crippen LogP contribution < -0.4 is 9.46 Å². The molecule has 0 spiro atoms. The molecule has 2 aromatic carbocycles. The second-order valence-corrected chi connectivity index (χ2v) is 7.63. The number of sulfonamides is 1. The molecule has 1 aliphatic rings. The molecule has 6 nitrogen and oxygen atoms in total. The van der Waals surface area contributed by atoms with Gasteiger partial charge in [-0.05, 0) is 43.3 Å². The van der Waals surface area contributed by atoms with Crippen molar-refractivity contribution in [2.45, 2.75) is 11.8 Å². The number of fused-ring (bicyclic) bond motifs is 1. The maximum Gasteiger partial charge on any atom is 0.261 e. The number of benzene rings is 2. The van der Waals surface area contributed by atoms with Crippen LogP contribution in [0.2, 0.25) is 5.02 Å². The van der Waals surface area contributed by atoms with E-state index < -0.39 is 10.0 Å². The molecule has 0 fully saturated rings. The Labute approximate surface area is 151 Å². The molecule has 8 heteroatoms. The van der Waals surface area contributed by atoms with Crippen LogP contribution in [-0.4, -0.2) is 38.9 Å². The van der Waals surface area contributed by atoms with Gasteiger partial charge in [0.15, 0.2) is 0 Å². The summed E-state index contributed by atoms with van der Waals surface area (Å²) in [6.45, 7) is 3.34. The monoisotopic (exact) mass is 380 g/mol. The minimum Gasteiger partial charge on any atom is -0.491 e. The van der Waals surface area contributed by atoms with Gasteiger partial charge in [-0.25, -0.2) is 8.42 Å². The largest absolute Gasteiger partial charge is 0.491 e. The molecule has 0 atom stereocenters. The molecule has 0 saturated carbocycles. The van der Waals surface area contributed by atoms with Crippen LogP contribution >= 0.6 is 11.6 Å². The fraction of sp³-hybridized carbons (Fsp3) is 0.235. The summed E-state index contributed by atoms with van der Waals surface area (Å²) in [6, 6.07) is 10.6. The van der Waals surface area contributed by atoms with Crippen molar-refractivity contribution in [3.05, 3.63) is 53.1 Å². The Bertz CT molecular complexity index is 915. The first-order valence-corrected chi connectivity index (χ1v) is 9.61. The number of anilines is 1. The molecule has 0 aromatic heterocycles. The average molecular weight is 381 g/mol. The van der Waals surface area contributed by atoms with Crippen molar-refractivity contribution in [3.8, 4) is 5.75 Å². The Morgan fingerprint density at radius 2 is 2.04 bits per heavy atom. The number of amides is 1. The lowest BCUT2D eigenvalue weighted by Crippen LogP contribution is -2.32. The summed E-state index contributed by atoms with van der Waals surface area (Å²) in [5.41, 5.74) is 0.624. The normalized spacial score (nSPS) is 14.5. The van der Waals surface area contributed by atoms with Gasteiger partial charge in [0.05, 0.1) is 17.0 Å². The number of likely N-dealkylation sites (N-methyl/N-ethyl adjacent to an activating group) is 1. The van der Waals surface area contributed by atoms with Crippen molar-refractivity contribution in [3.63, 3.8) is 0 Å². The molecule has 3 rings (SSSR count). The Hall–Kier alpha value is -2.25. The zero-order chi connectivity index (χ0) is 18.0. The van der Waals surface area contributed by atoms with Crippen LogP contribution in [0.25, 0.3) is 0 Å². The topological polar surface area (TPSA) is 75.7 Å². The highest BCUT2D eigenvalue weighted by Crippen LogP contribution is 2.28. The number of rotatable bonds is 4. The van der Waals surface area contributed by atoms with Crippen molar-refractivity contribution < 1.29 is 17.9 Å². The minimum atomic E-state index is -3.81. The van der Waals surface area contributed by atoms with E-state index >= 15 is 0 Å². The smallest absolute Gasteiger partial charge is 0.261 e. The van der Waals surface area contributed by atoms with Crippen LogP contribution in [0.15, 0.2) is 47.4 Å². The number of carbonyl (C=O) groups is 1. The van der Waals surface area contributed by atoms with Gasteiger partial charge in [-0.2, -0.15) is 0 Å². The summed E-state index contributed by atoms with van der Waals surface area (Å²) in [6.07, 6.45) is 0. The van der Waals surface area contributed by atoms with E-state index in [1.807, 2.05) is 6.92 Å². The molecule has 132 valence electrons. The first kappa shape index (κ1) is 17.6. The van der Waals surface area contributed by atoms with Gasteiger partial charge >= 0.3 is 0 Å². The first-order chi connectivity index (χ1) is 11.9.